The van der Waals surface area contributed by atoms with Crippen LogP contribution in [0, 0.1) is 18.8 Å². The molecule has 0 aromatic heterocycles. The summed E-state index contributed by atoms with van der Waals surface area (Å²) in [6, 6.07) is 6.91. The summed E-state index contributed by atoms with van der Waals surface area (Å²) in [4.78, 5) is 0. The minimum atomic E-state index is 0.748. The van der Waals surface area contributed by atoms with E-state index in [4.69, 9.17) is 0 Å². The normalized spacial score (nSPS) is 11.4. The lowest BCUT2D eigenvalue weighted by Gasteiger charge is -2.14. The van der Waals surface area contributed by atoms with Crippen LogP contribution in [0.5, 0.6) is 0 Å². The lowest BCUT2D eigenvalue weighted by Crippen LogP contribution is -2.03. The summed E-state index contributed by atoms with van der Waals surface area (Å²) in [6.07, 6.45) is 2.42. The molecule has 0 saturated heterocycles. The first-order valence-electron chi connectivity index (χ1n) is 6.07. The number of aryl methyl sites for hydroxylation is 1. The average Bonchev–Trinajstić information content (AvgIpc) is 2.08. The van der Waals surface area contributed by atoms with Gasteiger partial charge in [0.1, 0.15) is 0 Å². The molecule has 0 radical (unpaired) electrons. The summed E-state index contributed by atoms with van der Waals surface area (Å²) < 4.78 is 0. The van der Waals surface area contributed by atoms with Crippen LogP contribution >= 0.6 is 0 Å². The third-order valence-electron chi connectivity index (χ3n) is 2.62. The van der Waals surface area contributed by atoms with E-state index in [1.165, 1.54) is 18.4 Å². The summed E-state index contributed by atoms with van der Waals surface area (Å²) in [5.41, 5.74) is 4.49. The van der Waals surface area contributed by atoms with Crippen molar-refractivity contribution in [2.24, 2.45) is 11.8 Å². The molecule has 0 heteroatoms. The third-order valence-corrected chi connectivity index (χ3v) is 2.62. The van der Waals surface area contributed by atoms with Gasteiger partial charge in [0.25, 0.3) is 0 Å². The number of rotatable bonds is 4. The van der Waals surface area contributed by atoms with E-state index in [1.54, 1.807) is 11.1 Å². The Bertz CT molecular complexity index is 308. The molecule has 1 aromatic carbocycles. The van der Waals surface area contributed by atoms with Gasteiger partial charge in [0, 0.05) is 0 Å². The molecule has 0 unspecified atom stereocenters. The third kappa shape index (κ3) is 4.07. The molecular formula is C15H24. The Morgan fingerprint density at radius 2 is 1.40 bits per heavy atom. The predicted octanol–water partition coefficient (Wildman–Crippen LogP) is 4.39. The van der Waals surface area contributed by atoms with Gasteiger partial charge in [-0.25, -0.2) is 0 Å². The molecule has 0 heterocycles. The van der Waals surface area contributed by atoms with Gasteiger partial charge in [0.05, 0.1) is 0 Å². The molecule has 0 aliphatic rings. The number of hydrogen-bond acceptors (Lipinski definition) is 0. The maximum absolute atomic E-state index is 2.36. The Kier molecular flexibility index (Phi) is 4.38. The van der Waals surface area contributed by atoms with Crippen LogP contribution in [0.1, 0.15) is 44.4 Å². The van der Waals surface area contributed by atoms with Crippen LogP contribution in [0.3, 0.4) is 0 Å². The maximum atomic E-state index is 2.36. The molecule has 0 N–H and O–H groups in total. The molecule has 1 rings (SSSR count). The summed E-state index contributed by atoms with van der Waals surface area (Å²) in [6.45, 7) is 11.4. The molecule has 0 spiro atoms. The van der Waals surface area contributed by atoms with Crippen molar-refractivity contribution in [1.82, 2.24) is 0 Å². The van der Waals surface area contributed by atoms with E-state index in [1.807, 2.05) is 0 Å². The highest BCUT2D eigenvalue weighted by Crippen LogP contribution is 2.19. The minimum absolute atomic E-state index is 0.748. The number of hydrogen-bond donors (Lipinski definition) is 0. The fraction of sp³-hybridized carbons (Fsp3) is 0.600. The second kappa shape index (κ2) is 5.34. The van der Waals surface area contributed by atoms with Gasteiger partial charge in [-0.1, -0.05) is 51.5 Å². The topological polar surface area (TPSA) is 0 Å². The van der Waals surface area contributed by atoms with Crippen molar-refractivity contribution in [3.63, 3.8) is 0 Å². The molecule has 0 bridgehead atoms. The van der Waals surface area contributed by atoms with Crippen molar-refractivity contribution < 1.29 is 0 Å². The van der Waals surface area contributed by atoms with Crippen LogP contribution in [0.25, 0.3) is 0 Å². The molecule has 84 valence electrons. The van der Waals surface area contributed by atoms with Crippen LogP contribution in [0.2, 0.25) is 0 Å². The van der Waals surface area contributed by atoms with Crippen molar-refractivity contribution >= 4 is 0 Å². The van der Waals surface area contributed by atoms with E-state index in [2.05, 4.69) is 52.8 Å². The van der Waals surface area contributed by atoms with Crippen LogP contribution in [0.4, 0.5) is 0 Å². The summed E-state index contributed by atoms with van der Waals surface area (Å²) in [5.74, 6) is 1.50. The predicted molar refractivity (Wildman–Crippen MR) is 68.3 cm³/mol. The lowest BCUT2D eigenvalue weighted by atomic mass is 9.92. The number of benzene rings is 1. The van der Waals surface area contributed by atoms with Gasteiger partial charge in [-0.2, -0.15) is 0 Å². The van der Waals surface area contributed by atoms with E-state index in [-0.39, 0.29) is 0 Å². The summed E-state index contributed by atoms with van der Waals surface area (Å²) in [7, 11) is 0. The highest BCUT2D eigenvalue weighted by Gasteiger charge is 2.06. The fourth-order valence-corrected chi connectivity index (χ4v) is 2.02. The molecule has 0 atom stereocenters. The molecule has 0 amide bonds. The van der Waals surface area contributed by atoms with Crippen LogP contribution in [-0.2, 0) is 12.8 Å². The molecule has 0 fully saturated rings. The second-order valence-corrected chi connectivity index (χ2v) is 5.47. The Morgan fingerprint density at radius 1 is 0.867 bits per heavy atom. The first-order chi connectivity index (χ1) is 6.99. The van der Waals surface area contributed by atoms with Gasteiger partial charge in [0.2, 0.25) is 0 Å². The van der Waals surface area contributed by atoms with E-state index in [0.29, 0.717) is 0 Å². The van der Waals surface area contributed by atoms with E-state index in [9.17, 15) is 0 Å². The van der Waals surface area contributed by atoms with Gasteiger partial charge < -0.3 is 0 Å². The van der Waals surface area contributed by atoms with Gasteiger partial charge in [-0.05, 0) is 42.7 Å². The van der Waals surface area contributed by atoms with Gasteiger partial charge in [0.15, 0.2) is 0 Å². The molecule has 0 nitrogen and oxygen atoms in total. The lowest BCUT2D eigenvalue weighted by molar-refractivity contribution is 0.615. The van der Waals surface area contributed by atoms with Crippen molar-refractivity contribution in [2.75, 3.05) is 0 Å². The zero-order valence-corrected chi connectivity index (χ0v) is 10.8. The SMILES string of the molecule is Cc1ccc(CC(C)C)c(CC(C)C)c1. The highest BCUT2D eigenvalue weighted by atomic mass is 14.1. The fourth-order valence-electron chi connectivity index (χ4n) is 2.02. The smallest absolute Gasteiger partial charge is 0.0253 e. The Labute approximate surface area is 94.7 Å². The van der Waals surface area contributed by atoms with E-state index >= 15 is 0 Å². The second-order valence-electron chi connectivity index (χ2n) is 5.47. The van der Waals surface area contributed by atoms with Gasteiger partial charge >= 0.3 is 0 Å². The van der Waals surface area contributed by atoms with E-state index < -0.39 is 0 Å². The van der Waals surface area contributed by atoms with Crippen LogP contribution < -0.4 is 0 Å². The Morgan fingerprint density at radius 3 is 1.93 bits per heavy atom. The zero-order chi connectivity index (χ0) is 11.4. The van der Waals surface area contributed by atoms with Crippen LogP contribution in [-0.4, -0.2) is 0 Å². The molecule has 0 saturated carbocycles. The monoisotopic (exact) mass is 204 g/mol. The van der Waals surface area contributed by atoms with Gasteiger partial charge in [-0.3, -0.25) is 0 Å². The highest BCUT2D eigenvalue weighted by molar-refractivity contribution is 5.32. The van der Waals surface area contributed by atoms with Crippen molar-refractivity contribution in [2.45, 2.75) is 47.5 Å². The maximum Gasteiger partial charge on any atom is -0.0253 e. The summed E-state index contributed by atoms with van der Waals surface area (Å²) >= 11 is 0. The average molecular weight is 204 g/mol. The standard InChI is InChI=1S/C15H24/c1-11(2)8-14-7-6-13(5)10-15(14)9-12(3)4/h6-7,10-12H,8-9H2,1-5H3. The van der Waals surface area contributed by atoms with Crippen molar-refractivity contribution in [3.05, 3.63) is 34.9 Å². The Balaban J connectivity index is 2.92. The van der Waals surface area contributed by atoms with Gasteiger partial charge in [-0.15, -0.1) is 0 Å². The molecule has 0 aliphatic heterocycles. The first-order valence-corrected chi connectivity index (χ1v) is 6.07. The molecular weight excluding hydrogens is 180 g/mol. The first kappa shape index (κ1) is 12.3. The summed E-state index contributed by atoms with van der Waals surface area (Å²) in [5, 5.41) is 0. The quantitative estimate of drug-likeness (QED) is 0.682. The Hall–Kier alpha value is -0.780. The minimum Gasteiger partial charge on any atom is -0.0625 e. The zero-order valence-electron chi connectivity index (χ0n) is 10.8. The van der Waals surface area contributed by atoms with Crippen molar-refractivity contribution in [1.29, 1.82) is 0 Å². The van der Waals surface area contributed by atoms with Crippen molar-refractivity contribution in [3.8, 4) is 0 Å². The molecule has 0 aliphatic carbocycles. The molecule has 1 aromatic rings. The molecule has 15 heavy (non-hydrogen) atoms. The van der Waals surface area contributed by atoms with Crippen LogP contribution in [0.15, 0.2) is 18.2 Å². The van der Waals surface area contributed by atoms with E-state index in [0.717, 1.165) is 11.8 Å². The largest absolute Gasteiger partial charge is 0.0625 e.